The second kappa shape index (κ2) is 12.8. The molecule has 2 aromatic rings. The highest BCUT2D eigenvalue weighted by atomic mass is 35.5. The number of nitrogens with zero attached hydrogens (tertiary/aromatic N) is 1. The number of anilines is 1. The van der Waals surface area contributed by atoms with Gasteiger partial charge in [0.1, 0.15) is 5.00 Å². The van der Waals surface area contributed by atoms with Crippen molar-refractivity contribution in [2.45, 2.75) is 40.7 Å². The number of ether oxygens (including phenoxy) is 4. The third kappa shape index (κ3) is 5.95. The molecule has 1 aromatic carbocycles. The van der Waals surface area contributed by atoms with Crippen molar-refractivity contribution in [1.29, 1.82) is 0 Å². The van der Waals surface area contributed by atoms with Crippen LogP contribution in [0.1, 0.15) is 58.9 Å². The van der Waals surface area contributed by atoms with Crippen LogP contribution in [0.3, 0.4) is 0 Å². The van der Waals surface area contributed by atoms with Crippen LogP contribution in [0.4, 0.5) is 5.00 Å². The average Bonchev–Trinajstić information content (AvgIpc) is 3.17. The lowest BCUT2D eigenvalue weighted by Gasteiger charge is -2.25. The zero-order chi connectivity index (χ0) is 24.0. The van der Waals surface area contributed by atoms with Crippen molar-refractivity contribution in [3.05, 3.63) is 33.7 Å². The Morgan fingerprint density at radius 2 is 1.65 bits per heavy atom. The molecule has 34 heavy (non-hydrogen) atoms. The van der Waals surface area contributed by atoms with E-state index in [1.54, 1.807) is 12.1 Å². The summed E-state index contributed by atoms with van der Waals surface area (Å²) in [6.07, 6.45) is 0.742. The van der Waals surface area contributed by atoms with E-state index in [1.807, 2.05) is 20.8 Å². The molecule has 0 spiro atoms. The van der Waals surface area contributed by atoms with Crippen molar-refractivity contribution in [3.63, 3.8) is 0 Å². The molecule has 1 N–H and O–H groups in total. The second-order valence-corrected chi connectivity index (χ2v) is 8.48. The number of carbonyl (C=O) groups excluding carboxylic acids is 2. The van der Waals surface area contributed by atoms with E-state index >= 15 is 0 Å². The molecule has 0 fully saturated rings. The van der Waals surface area contributed by atoms with Gasteiger partial charge in [-0.3, -0.25) is 9.69 Å². The standard InChI is InChI=1S/C24H32N2O6S.ClH/c1-6-26-11-10-16-19(14-26)33-23(20(16)24(28)29-5)25-22(27)15-12-17(30-7-2)21(32-9-4)18(13-15)31-8-3;/h12-13H,6-11,14H2,1-5H3,(H,25,27);1H. The lowest BCUT2D eigenvalue weighted by molar-refractivity contribution is 0.0600. The molecular formula is C24H33ClN2O6S. The fourth-order valence-electron chi connectivity index (χ4n) is 3.83. The van der Waals surface area contributed by atoms with E-state index in [-0.39, 0.29) is 18.3 Å². The van der Waals surface area contributed by atoms with Crippen LogP contribution in [0.25, 0.3) is 0 Å². The number of thiophene rings is 1. The molecule has 10 heteroatoms. The number of rotatable bonds is 10. The molecular weight excluding hydrogens is 480 g/mol. The van der Waals surface area contributed by atoms with Gasteiger partial charge in [0.2, 0.25) is 5.75 Å². The molecule has 0 unspecified atom stereocenters. The van der Waals surface area contributed by atoms with Crippen LogP contribution < -0.4 is 19.5 Å². The van der Waals surface area contributed by atoms with Gasteiger partial charge in [0, 0.05) is 23.5 Å². The summed E-state index contributed by atoms with van der Waals surface area (Å²) in [6, 6.07) is 3.27. The Hall–Kier alpha value is -2.49. The Balaban J connectivity index is 0.00000408. The first-order valence-electron chi connectivity index (χ1n) is 11.3. The van der Waals surface area contributed by atoms with Crippen LogP contribution in [0.2, 0.25) is 0 Å². The van der Waals surface area contributed by atoms with Gasteiger partial charge >= 0.3 is 5.97 Å². The fraction of sp³-hybridized carbons (Fsp3) is 0.500. The predicted molar refractivity (Wildman–Crippen MR) is 135 cm³/mol. The molecule has 1 aliphatic heterocycles. The van der Waals surface area contributed by atoms with E-state index in [9.17, 15) is 9.59 Å². The third-order valence-electron chi connectivity index (χ3n) is 5.37. The number of hydrogen-bond donors (Lipinski definition) is 1. The summed E-state index contributed by atoms with van der Waals surface area (Å²) in [5, 5.41) is 3.43. The zero-order valence-corrected chi connectivity index (χ0v) is 22.0. The van der Waals surface area contributed by atoms with E-state index in [2.05, 4.69) is 17.1 Å². The first kappa shape index (κ1) is 27.8. The van der Waals surface area contributed by atoms with E-state index < -0.39 is 5.97 Å². The SMILES string of the molecule is CCOc1cc(C(=O)Nc2sc3c(c2C(=O)OC)CCN(CC)C3)cc(OCC)c1OCC.Cl. The number of halogens is 1. The van der Waals surface area contributed by atoms with Crippen LogP contribution in [0, 0.1) is 0 Å². The van der Waals surface area contributed by atoms with Crippen LogP contribution >= 0.6 is 23.7 Å². The Labute approximate surface area is 210 Å². The minimum Gasteiger partial charge on any atom is -0.490 e. The van der Waals surface area contributed by atoms with Crippen molar-refractivity contribution in [1.82, 2.24) is 4.90 Å². The smallest absolute Gasteiger partial charge is 0.341 e. The van der Waals surface area contributed by atoms with E-state index in [0.29, 0.717) is 53.2 Å². The van der Waals surface area contributed by atoms with Gasteiger partial charge in [-0.1, -0.05) is 6.92 Å². The lowest BCUT2D eigenvalue weighted by Crippen LogP contribution is -2.29. The zero-order valence-electron chi connectivity index (χ0n) is 20.3. The highest BCUT2D eigenvalue weighted by Gasteiger charge is 2.29. The summed E-state index contributed by atoms with van der Waals surface area (Å²) < 4.78 is 22.2. The Bertz CT molecular complexity index is 983. The summed E-state index contributed by atoms with van der Waals surface area (Å²) >= 11 is 1.43. The molecule has 0 atom stereocenters. The molecule has 188 valence electrons. The van der Waals surface area contributed by atoms with Gasteiger partial charge in [-0.25, -0.2) is 4.79 Å². The predicted octanol–water partition coefficient (Wildman–Crippen LogP) is 4.78. The quantitative estimate of drug-likeness (QED) is 0.458. The number of methoxy groups -OCH3 is 1. The monoisotopic (exact) mass is 512 g/mol. The van der Waals surface area contributed by atoms with Crippen LogP contribution in [-0.2, 0) is 17.7 Å². The maximum atomic E-state index is 13.3. The fourth-order valence-corrected chi connectivity index (χ4v) is 5.10. The van der Waals surface area contributed by atoms with Crippen LogP contribution in [-0.4, -0.2) is 56.8 Å². The molecule has 0 saturated carbocycles. The van der Waals surface area contributed by atoms with E-state index in [1.165, 1.54) is 18.4 Å². The number of nitrogens with one attached hydrogen (secondary N) is 1. The van der Waals surface area contributed by atoms with Crippen molar-refractivity contribution >= 4 is 40.6 Å². The minimum absolute atomic E-state index is 0. The number of amides is 1. The first-order valence-corrected chi connectivity index (χ1v) is 12.1. The average molecular weight is 513 g/mol. The van der Waals surface area contributed by atoms with Crippen molar-refractivity contribution in [3.8, 4) is 17.2 Å². The molecule has 0 radical (unpaired) electrons. The van der Waals surface area contributed by atoms with Gasteiger partial charge in [-0.15, -0.1) is 23.7 Å². The van der Waals surface area contributed by atoms with Gasteiger partial charge in [-0.2, -0.15) is 0 Å². The molecule has 0 bridgehead atoms. The number of benzene rings is 1. The summed E-state index contributed by atoms with van der Waals surface area (Å²) in [5.74, 6) is 0.542. The third-order valence-corrected chi connectivity index (χ3v) is 6.50. The highest BCUT2D eigenvalue weighted by molar-refractivity contribution is 7.17. The molecule has 3 rings (SSSR count). The Kier molecular flexibility index (Phi) is 10.5. The van der Waals surface area contributed by atoms with Crippen molar-refractivity contribution < 1.29 is 28.5 Å². The number of carbonyl (C=O) groups is 2. The highest BCUT2D eigenvalue weighted by Crippen LogP contribution is 2.41. The molecule has 2 heterocycles. The summed E-state index contributed by atoms with van der Waals surface area (Å²) in [7, 11) is 1.36. The molecule has 1 amide bonds. The minimum atomic E-state index is -0.440. The number of fused-ring (bicyclic) bond motifs is 1. The summed E-state index contributed by atoms with van der Waals surface area (Å²) in [5.41, 5.74) is 1.76. The molecule has 0 aliphatic carbocycles. The molecule has 1 aliphatic rings. The van der Waals surface area contributed by atoms with Gasteiger partial charge in [0.25, 0.3) is 5.91 Å². The maximum absolute atomic E-state index is 13.3. The topological polar surface area (TPSA) is 86.3 Å². The molecule has 8 nitrogen and oxygen atoms in total. The van der Waals surface area contributed by atoms with Gasteiger partial charge in [-0.05, 0) is 51.4 Å². The van der Waals surface area contributed by atoms with Crippen molar-refractivity contribution in [2.75, 3.05) is 45.3 Å². The summed E-state index contributed by atoms with van der Waals surface area (Å²) in [6.45, 7) is 11.5. The largest absolute Gasteiger partial charge is 0.490 e. The Morgan fingerprint density at radius 3 is 2.18 bits per heavy atom. The Morgan fingerprint density at radius 1 is 1.03 bits per heavy atom. The van der Waals surface area contributed by atoms with Gasteiger partial charge in [0.15, 0.2) is 11.5 Å². The summed E-state index contributed by atoms with van der Waals surface area (Å²) in [4.78, 5) is 29.3. The van der Waals surface area contributed by atoms with Gasteiger partial charge < -0.3 is 24.3 Å². The molecule has 0 saturated heterocycles. The number of likely N-dealkylation sites (N-methyl/N-ethyl adjacent to an activating group) is 1. The normalized spacial score (nSPS) is 12.9. The van der Waals surface area contributed by atoms with Gasteiger partial charge in [0.05, 0.1) is 32.5 Å². The first-order chi connectivity index (χ1) is 16.0. The lowest BCUT2D eigenvalue weighted by atomic mass is 10.0. The number of hydrogen-bond acceptors (Lipinski definition) is 8. The maximum Gasteiger partial charge on any atom is 0.341 e. The molecule has 1 aromatic heterocycles. The number of esters is 1. The van der Waals surface area contributed by atoms with E-state index in [0.717, 1.165) is 36.5 Å². The van der Waals surface area contributed by atoms with Crippen molar-refractivity contribution in [2.24, 2.45) is 0 Å². The second-order valence-electron chi connectivity index (χ2n) is 7.37. The van der Waals surface area contributed by atoms with Crippen LogP contribution in [0.15, 0.2) is 12.1 Å². The van der Waals surface area contributed by atoms with Crippen LogP contribution in [0.5, 0.6) is 17.2 Å². The van der Waals surface area contributed by atoms with E-state index in [4.69, 9.17) is 18.9 Å².